The van der Waals surface area contributed by atoms with Gasteiger partial charge in [0.25, 0.3) is 5.69 Å². The number of para-hydroxylation sites is 1. The quantitative estimate of drug-likeness (QED) is 0.662. The standard InChI is InChI=1S/C12H10N2O6/c15-10(11-5-6-12(20-11)14(18)19)7-8-3-1-2-4-9(8)13(16)17/h1-6,10,15H,7H2. The summed E-state index contributed by atoms with van der Waals surface area (Å²) in [6.07, 6.45) is -1.26. The summed E-state index contributed by atoms with van der Waals surface area (Å²) in [4.78, 5) is 20.1. The number of nitrogens with zero attached hydrogens (tertiary/aromatic N) is 2. The second-order valence-electron chi connectivity index (χ2n) is 4.04. The van der Waals surface area contributed by atoms with E-state index in [1.54, 1.807) is 6.07 Å². The van der Waals surface area contributed by atoms with Gasteiger partial charge in [-0.2, -0.15) is 0 Å². The molecule has 1 aromatic heterocycles. The van der Waals surface area contributed by atoms with Gasteiger partial charge >= 0.3 is 5.88 Å². The van der Waals surface area contributed by atoms with E-state index < -0.39 is 21.8 Å². The Morgan fingerprint density at radius 2 is 1.80 bits per heavy atom. The van der Waals surface area contributed by atoms with Crippen molar-refractivity contribution >= 4 is 11.6 Å². The van der Waals surface area contributed by atoms with Crippen molar-refractivity contribution < 1.29 is 19.4 Å². The lowest BCUT2D eigenvalue weighted by Crippen LogP contribution is -2.03. The highest BCUT2D eigenvalue weighted by molar-refractivity contribution is 5.40. The van der Waals surface area contributed by atoms with Gasteiger partial charge in [0.1, 0.15) is 16.8 Å². The van der Waals surface area contributed by atoms with Crippen molar-refractivity contribution in [3.05, 3.63) is 68.0 Å². The molecule has 0 aliphatic rings. The smallest absolute Gasteiger partial charge is 0.403 e. The predicted molar refractivity (Wildman–Crippen MR) is 67.1 cm³/mol. The molecule has 20 heavy (non-hydrogen) atoms. The molecule has 8 heteroatoms. The van der Waals surface area contributed by atoms with E-state index in [1.165, 1.54) is 24.3 Å². The van der Waals surface area contributed by atoms with Gasteiger partial charge in [0.05, 0.1) is 11.0 Å². The summed E-state index contributed by atoms with van der Waals surface area (Å²) in [5.41, 5.74) is 0.205. The minimum Gasteiger partial charge on any atom is -0.403 e. The topological polar surface area (TPSA) is 120 Å². The van der Waals surface area contributed by atoms with Gasteiger partial charge in [-0.3, -0.25) is 20.2 Å². The van der Waals surface area contributed by atoms with Gasteiger partial charge in [-0.15, -0.1) is 0 Å². The van der Waals surface area contributed by atoms with E-state index in [1.807, 2.05) is 0 Å². The second-order valence-corrected chi connectivity index (χ2v) is 4.04. The van der Waals surface area contributed by atoms with Crippen LogP contribution in [-0.2, 0) is 6.42 Å². The SMILES string of the molecule is O=[N+]([O-])c1ccc(C(O)Cc2ccccc2[N+](=O)[O-])o1. The van der Waals surface area contributed by atoms with Gasteiger partial charge in [-0.25, -0.2) is 0 Å². The number of aliphatic hydroxyl groups excluding tert-OH is 1. The number of aliphatic hydroxyl groups is 1. The van der Waals surface area contributed by atoms with E-state index in [0.717, 1.165) is 6.07 Å². The van der Waals surface area contributed by atoms with E-state index in [0.29, 0.717) is 5.56 Å². The molecule has 1 N–H and O–H groups in total. The summed E-state index contributed by atoms with van der Waals surface area (Å²) in [6.45, 7) is 0. The van der Waals surface area contributed by atoms with Crippen molar-refractivity contribution in [2.45, 2.75) is 12.5 Å². The summed E-state index contributed by atoms with van der Waals surface area (Å²) in [6, 6.07) is 8.37. The first-order chi connectivity index (χ1) is 9.49. The van der Waals surface area contributed by atoms with Crippen LogP contribution in [0.2, 0.25) is 0 Å². The van der Waals surface area contributed by atoms with Gasteiger partial charge in [-0.1, -0.05) is 18.2 Å². The summed E-state index contributed by atoms with van der Waals surface area (Å²) in [5, 5.41) is 31.3. The number of nitro benzene ring substituents is 1. The molecule has 1 atom stereocenters. The molecule has 1 unspecified atom stereocenters. The lowest BCUT2D eigenvalue weighted by molar-refractivity contribution is -0.402. The summed E-state index contributed by atoms with van der Waals surface area (Å²) >= 11 is 0. The van der Waals surface area contributed by atoms with Crippen LogP contribution in [0.3, 0.4) is 0 Å². The molecular formula is C12H10N2O6. The van der Waals surface area contributed by atoms with Crippen LogP contribution in [-0.4, -0.2) is 15.0 Å². The number of benzene rings is 1. The highest BCUT2D eigenvalue weighted by Gasteiger charge is 2.21. The fourth-order valence-electron chi connectivity index (χ4n) is 1.79. The Balaban J connectivity index is 2.21. The van der Waals surface area contributed by atoms with Gasteiger partial charge in [0.15, 0.2) is 0 Å². The zero-order valence-corrected chi connectivity index (χ0v) is 10.1. The molecule has 1 heterocycles. The maximum Gasteiger partial charge on any atom is 0.433 e. The average Bonchev–Trinajstić information content (AvgIpc) is 2.89. The molecule has 1 aromatic carbocycles. The highest BCUT2D eigenvalue weighted by atomic mass is 16.6. The van der Waals surface area contributed by atoms with Crippen molar-refractivity contribution in [3.63, 3.8) is 0 Å². The van der Waals surface area contributed by atoms with Crippen LogP contribution in [0.1, 0.15) is 17.4 Å². The zero-order chi connectivity index (χ0) is 14.7. The summed E-state index contributed by atoms with van der Waals surface area (Å²) in [7, 11) is 0. The number of hydrogen-bond acceptors (Lipinski definition) is 6. The van der Waals surface area contributed by atoms with E-state index >= 15 is 0 Å². The highest BCUT2D eigenvalue weighted by Crippen LogP contribution is 2.27. The van der Waals surface area contributed by atoms with Crippen LogP contribution in [0, 0.1) is 20.2 Å². The van der Waals surface area contributed by atoms with Crippen LogP contribution in [0.25, 0.3) is 0 Å². The molecule has 0 fully saturated rings. The molecule has 0 radical (unpaired) electrons. The van der Waals surface area contributed by atoms with Gasteiger partial charge in [0.2, 0.25) is 0 Å². The Labute approximate surface area is 112 Å². The molecular weight excluding hydrogens is 268 g/mol. The monoisotopic (exact) mass is 278 g/mol. The van der Waals surface area contributed by atoms with Crippen molar-refractivity contribution in [1.29, 1.82) is 0 Å². The second kappa shape index (κ2) is 5.49. The van der Waals surface area contributed by atoms with Crippen molar-refractivity contribution in [2.24, 2.45) is 0 Å². The first kappa shape index (κ1) is 13.7. The van der Waals surface area contributed by atoms with Gasteiger partial charge < -0.3 is 9.52 Å². The van der Waals surface area contributed by atoms with Crippen LogP contribution >= 0.6 is 0 Å². The minimum absolute atomic E-state index is 0.00477. The summed E-state index contributed by atoms with van der Waals surface area (Å²) in [5.74, 6) is -0.489. The molecule has 0 saturated heterocycles. The van der Waals surface area contributed by atoms with E-state index in [2.05, 4.69) is 0 Å². The molecule has 8 nitrogen and oxygen atoms in total. The average molecular weight is 278 g/mol. The van der Waals surface area contributed by atoms with Crippen molar-refractivity contribution in [2.75, 3.05) is 0 Å². The van der Waals surface area contributed by atoms with Crippen LogP contribution < -0.4 is 0 Å². The predicted octanol–water partition coefficient (Wildman–Crippen LogP) is 2.37. The first-order valence-electron chi connectivity index (χ1n) is 5.63. The first-order valence-corrected chi connectivity index (χ1v) is 5.63. The van der Waals surface area contributed by atoms with E-state index in [9.17, 15) is 25.3 Å². The Kier molecular flexibility index (Phi) is 3.76. The Morgan fingerprint density at radius 3 is 2.40 bits per heavy atom. The van der Waals surface area contributed by atoms with Crippen molar-refractivity contribution in [1.82, 2.24) is 0 Å². The molecule has 0 spiro atoms. The number of hydrogen-bond donors (Lipinski definition) is 1. The molecule has 0 saturated carbocycles. The lowest BCUT2D eigenvalue weighted by Gasteiger charge is -2.07. The fraction of sp³-hybridized carbons (Fsp3) is 0.167. The van der Waals surface area contributed by atoms with Crippen LogP contribution in [0.4, 0.5) is 11.6 Å². The Bertz CT molecular complexity index is 651. The number of furan rings is 1. The number of nitro groups is 2. The molecule has 0 aliphatic heterocycles. The lowest BCUT2D eigenvalue weighted by atomic mass is 10.0. The number of rotatable bonds is 5. The van der Waals surface area contributed by atoms with Crippen LogP contribution in [0.5, 0.6) is 0 Å². The fourth-order valence-corrected chi connectivity index (χ4v) is 1.79. The third-order valence-corrected chi connectivity index (χ3v) is 2.72. The van der Waals surface area contributed by atoms with Crippen LogP contribution in [0.15, 0.2) is 40.8 Å². The molecule has 2 rings (SSSR count). The maximum atomic E-state index is 10.8. The van der Waals surface area contributed by atoms with Gasteiger partial charge in [0, 0.05) is 18.1 Å². The molecule has 104 valence electrons. The Hall–Kier alpha value is -2.74. The third kappa shape index (κ3) is 2.81. The van der Waals surface area contributed by atoms with E-state index in [4.69, 9.17) is 4.42 Å². The molecule has 0 amide bonds. The third-order valence-electron chi connectivity index (χ3n) is 2.72. The zero-order valence-electron chi connectivity index (χ0n) is 10.1. The molecule has 0 aliphatic carbocycles. The largest absolute Gasteiger partial charge is 0.433 e. The normalized spacial score (nSPS) is 12.1. The van der Waals surface area contributed by atoms with Crippen molar-refractivity contribution in [3.8, 4) is 0 Å². The Morgan fingerprint density at radius 1 is 1.10 bits per heavy atom. The molecule has 2 aromatic rings. The molecule has 0 bridgehead atoms. The summed E-state index contributed by atoms with van der Waals surface area (Å²) < 4.78 is 4.86. The van der Waals surface area contributed by atoms with E-state index in [-0.39, 0.29) is 17.9 Å². The van der Waals surface area contributed by atoms with Gasteiger partial charge in [-0.05, 0) is 6.07 Å². The maximum absolute atomic E-state index is 10.8. The minimum atomic E-state index is -1.19.